The minimum Gasteiger partial charge on any atom is -0.372 e. The SMILES string of the molecule is CC(C)c1cn2c(c1-c1ccccc1)N(C(C)C)c1ccccc1O2. The van der Waals surface area contributed by atoms with Gasteiger partial charge in [-0.25, -0.2) is 0 Å². The van der Waals surface area contributed by atoms with Crippen molar-refractivity contribution in [3.05, 3.63) is 66.4 Å². The van der Waals surface area contributed by atoms with Crippen molar-refractivity contribution >= 4 is 11.5 Å². The standard InChI is InChI=1S/C22H24N2O/c1-15(2)18-14-23-22(21(18)17-10-6-5-7-11-17)24(16(3)4)19-12-8-9-13-20(19)25-23/h5-16H,1-4H3. The lowest BCUT2D eigenvalue weighted by Crippen LogP contribution is -2.32. The minimum atomic E-state index is 0.321. The molecule has 0 saturated heterocycles. The van der Waals surface area contributed by atoms with Crippen LogP contribution in [0.2, 0.25) is 0 Å². The first-order valence-electron chi connectivity index (χ1n) is 8.95. The van der Waals surface area contributed by atoms with Crippen LogP contribution in [0.3, 0.4) is 0 Å². The maximum absolute atomic E-state index is 6.23. The Labute approximate surface area is 149 Å². The first-order chi connectivity index (χ1) is 12.1. The van der Waals surface area contributed by atoms with Crippen molar-refractivity contribution in [2.24, 2.45) is 0 Å². The maximum Gasteiger partial charge on any atom is 0.179 e. The Balaban J connectivity index is 2.01. The highest BCUT2D eigenvalue weighted by Gasteiger charge is 2.32. The molecule has 1 aromatic heterocycles. The van der Waals surface area contributed by atoms with Gasteiger partial charge in [-0.05, 0) is 43.0 Å². The summed E-state index contributed by atoms with van der Waals surface area (Å²) in [6.45, 7) is 8.92. The van der Waals surface area contributed by atoms with Crippen molar-refractivity contribution in [1.82, 2.24) is 4.73 Å². The van der Waals surface area contributed by atoms with E-state index in [1.807, 2.05) is 16.9 Å². The summed E-state index contributed by atoms with van der Waals surface area (Å²) in [6.07, 6.45) is 2.15. The Bertz CT molecular complexity index is 894. The monoisotopic (exact) mass is 332 g/mol. The van der Waals surface area contributed by atoms with Gasteiger partial charge < -0.3 is 9.74 Å². The van der Waals surface area contributed by atoms with Crippen molar-refractivity contribution in [3.63, 3.8) is 0 Å². The fourth-order valence-corrected chi connectivity index (χ4v) is 3.60. The van der Waals surface area contributed by atoms with Gasteiger partial charge in [-0.2, -0.15) is 4.73 Å². The second kappa shape index (κ2) is 5.99. The zero-order chi connectivity index (χ0) is 17.6. The summed E-state index contributed by atoms with van der Waals surface area (Å²) in [5.41, 5.74) is 4.92. The second-order valence-electron chi connectivity index (χ2n) is 7.15. The van der Waals surface area contributed by atoms with E-state index in [1.165, 1.54) is 16.7 Å². The predicted octanol–water partition coefficient (Wildman–Crippen LogP) is 5.98. The molecular formula is C22H24N2O. The molecule has 0 bridgehead atoms. The van der Waals surface area contributed by atoms with Crippen molar-refractivity contribution in [2.75, 3.05) is 4.90 Å². The lowest BCUT2D eigenvalue weighted by Gasteiger charge is -2.35. The number of hydrogen-bond donors (Lipinski definition) is 0. The summed E-state index contributed by atoms with van der Waals surface area (Å²) >= 11 is 0. The lowest BCUT2D eigenvalue weighted by molar-refractivity contribution is 0.211. The van der Waals surface area contributed by atoms with Gasteiger partial charge in [0.1, 0.15) is 0 Å². The van der Waals surface area contributed by atoms with Crippen LogP contribution in [0.15, 0.2) is 60.8 Å². The third-order valence-corrected chi connectivity index (χ3v) is 4.73. The van der Waals surface area contributed by atoms with Crippen LogP contribution in [-0.2, 0) is 0 Å². The van der Waals surface area contributed by atoms with Gasteiger partial charge in [0.05, 0.1) is 11.9 Å². The molecule has 0 radical (unpaired) electrons. The van der Waals surface area contributed by atoms with Gasteiger partial charge in [-0.1, -0.05) is 56.3 Å². The number of para-hydroxylation sites is 2. The molecule has 2 heterocycles. The number of aromatic nitrogens is 1. The topological polar surface area (TPSA) is 17.4 Å². The van der Waals surface area contributed by atoms with Crippen molar-refractivity contribution in [2.45, 2.75) is 39.7 Å². The van der Waals surface area contributed by atoms with E-state index in [-0.39, 0.29) is 0 Å². The van der Waals surface area contributed by atoms with Crippen LogP contribution in [-0.4, -0.2) is 10.8 Å². The predicted molar refractivity (Wildman–Crippen MR) is 104 cm³/mol. The van der Waals surface area contributed by atoms with Gasteiger partial charge >= 0.3 is 0 Å². The molecule has 3 heteroatoms. The van der Waals surface area contributed by atoms with E-state index in [4.69, 9.17) is 4.84 Å². The number of benzene rings is 2. The highest BCUT2D eigenvalue weighted by molar-refractivity contribution is 5.86. The summed E-state index contributed by atoms with van der Waals surface area (Å²) in [5.74, 6) is 2.42. The van der Waals surface area contributed by atoms with E-state index in [1.54, 1.807) is 0 Å². The third kappa shape index (κ3) is 2.51. The zero-order valence-electron chi connectivity index (χ0n) is 15.2. The van der Waals surface area contributed by atoms with E-state index in [2.05, 4.69) is 81.3 Å². The van der Waals surface area contributed by atoms with E-state index < -0.39 is 0 Å². The molecule has 2 aromatic carbocycles. The molecule has 1 aliphatic rings. The van der Waals surface area contributed by atoms with E-state index in [9.17, 15) is 0 Å². The fourth-order valence-electron chi connectivity index (χ4n) is 3.60. The molecule has 0 aliphatic carbocycles. The summed E-state index contributed by atoms with van der Waals surface area (Å²) in [4.78, 5) is 8.61. The molecule has 4 rings (SSSR count). The van der Waals surface area contributed by atoms with Crippen LogP contribution < -0.4 is 9.74 Å². The summed E-state index contributed by atoms with van der Waals surface area (Å²) in [7, 11) is 0. The van der Waals surface area contributed by atoms with Gasteiger partial charge in [-0.3, -0.25) is 0 Å². The number of anilines is 2. The van der Waals surface area contributed by atoms with Crippen molar-refractivity contribution < 1.29 is 4.84 Å². The molecule has 0 amide bonds. The summed E-state index contributed by atoms with van der Waals surface area (Å²) in [5, 5.41) is 0. The smallest absolute Gasteiger partial charge is 0.179 e. The Hall–Kier alpha value is -2.68. The van der Waals surface area contributed by atoms with Crippen LogP contribution in [0.4, 0.5) is 11.5 Å². The quantitative estimate of drug-likeness (QED) is 0.587. The van der Waals surface area contributed by atoms with Crippen molar-refractivity contribution in [1.29, 1.82) is 0 Å². The van der Waals surface area contributed by atoms with E-state index >= 15 is 0 Å². The first kappa shape index (κ1) is 15.8. The average Bonchev–Trinajstić information content (AvgIpc) is 2.99. The molecule has 0 atom stereocenters. The highest BCUT2D eigenvalue weighted by atomic mass is 16.7. The first-order valence-corrected chi connectivity index (χ1v) is 8.95. The molecule has 128 valence electrons. The average molecular weight is 332 g/mol. The van der Waals surface area contributed by atoms with Crippen LogP contribution >= 0.6 is 0 Å². The summed E-state index contributed by atoms with van der Waals surface area (Å²) < 4.78 is 1.94. The van der Waals surface area contributed by atoms with E-state index in [0.717, 1.165) is 17.3 Å². The largest absolute Gasteiger partial charge is 0.372 e. The van der Waals surface area contributed by atoms with E-state index in [0.29, 0.717) is 12.0 Å². The Kier molecular flexibility index (Phi) is 3.79. The molecule has 25 heavy (non-hydrogen) atoms. The fraction of sp³-hybridized carbons (Fsp3) is 0.273. The van der Waals surface area contributed by atoms with Gasteiger partial charge in [-0.15, -0.1) is 0 Å². The minimum absolute atomic E-state index is 0.321. The Morgan fingerprint density at radius 1 is 0.840 bits per heavy atom. The molecule has 1 aliphatic heterocycles. The summed E-state index contributed by atoms with van der Waals surface area (Å²) in [6, 6.07) is 19.2. The molecule has 0 unspecified atom stereocenters. The molecule has 0 fully saturated rings. The molecule has 3 aromatic rings. The number of rotatable bonds is 3. The molecule has 3 nitrogen and oxygen atoms in total. The van der Waals surface area contributed by atoms with Gasteiger partial charge in [0.15, 0.2) is 11.6 Å². The normalized spacial score (nSPS) is 13.0. The molecule has 0 saturated carbocycles. The van der Waals surface area contributed by atoms with Crippen LogP contribution in [0.5, 0.6) is 5.75 Å². The van der Waals surface area contributed by atoms with Crippen LogP contribution in [0.25, 0.3) is 11.1 Å². The van der Waals surface area contributed by atoms with Gasteiger partial charge in [0.25, 0.3) is 0 Å². The third-order valence-electron chi connectivity index (χ3n) is 4.73. The Morgan fingerprint density at radius 2 is 1.52 bits per heavy atom. The number of fused-ring (bicyclic) bond motifs is 2. The van der Waals surface area contributed by atoms with Gasteiger partial charge in [0, 0.05) is 11.6 Å². The molecular weight excluding hydrogens is 308 g/mol. The Morgan fingerprint density at radius 3 is 2.20 bits per heavy atom. The lowest BCUT2D eigenvalue weighted by atomic mass is 9.95. The van der Waals surface area contributed by atoms with Gasteiger partial charge in [0.2, 0.25) is 0 Å². The second-order valence-corrected chi connectivity index (χ2v) is 7.15. The number of nitrogens with zero attached hydrogens (tertiary/aromatic N) is 2. The molecule has 0 spiro atoms. The number of hydrogen-bond acceptors (Lipinski definition) is 2. The van der Waals surface area contributed by atoms with Crippen molar-refractivity contribution in [3.8, 4) is 16.9 Å². The van der Waals surface area contributed by atoms with Crippen LogP contribution in [0.1, 0.15) is 39.2 Å². The maximum atomic E-state index is 6.23. The molecule has 0 N–H and O–H groups in total. The zero-order valence-corrected chi connectivity index (χ0v) is 15.2. The van der Waals surface area contributed by atoms with Crippen LogP contribution in [0, 0.1) is 0 Å². The highest BCUT2D eigenvalue weighted by Crippen LogP contribution is 2.47.